The Bertz CT molecular complexity index is 945. The second-order valence-corrected chi connectivity index (χ2v) is 7.29. The van der Waals surface area contributed by atoms with E-state index in [1.807, 2.05) is 67.6 Å². The fourth-order valence-corrected chi connectivity index (χ4v) is 3.58. The van der Waals surface area contributed by atoms with Gasteiger partial charge in [0.2, 0.25) is 5.91 Å². The van der Waals surface area contributed by atoms with Crippen LogP contribution in [0.5, 0.6) is 0 Å². The number of nitrogens with one attached hydrogen (secondary N) is 2. The summed E-state index contributed by atoms with van der Waals surface area (Å²) in [5.41, 5.74) is 2.20. The van der Waals surface area contributed by atoms with E-state index in [9.17, 15) is 9.59 Å². The molecule has 5 heteroatoms. The molecule has 0 saturated carbocycles. The highest BCUT2D eigenvalue weighted by molar-refractivity contribution is 9.10. The Morgan fingerprint density at radius 1 is 0.786 bits per heavy atom. The monoisotopic (exact) mass is 436 g/mol. The van der Waals surface area contributed by atoms with E-state index in [1.165, 1.54) is 0 Å². The maximum Gasteiger partial charge on any atom is 0.252 e. The molecule has 3 aromatic rings. The fraction of sp³-hybridized carbons (Fsp3) is 0.130. The van der Waals surface area contributed by atoms with Crippen molar-refractivity contribution < 1.29 is 9.59 Å². The van der Waals surface area contributed by atoms with Crippen molar-refractivity contribution in [1.82, 2.24) is 10.6 Å². The molecule has 0 bridgehead atoms. The smallest absolute Gasteiger partial charge is 0.252 e. The zero-order valence-electron chi connectivity index (χ0n) is 15.4. The van der Waals surface area contributed by atoms with Gasteiger partial charge in [0.15, 0.2) is 0 Å². The van der Waals surface area contributed by atoms with Crippen LogP contribution >= 0.6 is 15.9 Å². The van der Waals surface area contributed by atoms with Crippen LogP contribution in [0.25, 0.3) is 0 Å². The van der Waals surface area contributed by atoms with Crippen LogP contribution < -0.4 is 10.6 Å². The summed E-state index contributed by atoms with van der Waals surface area (Å²) in [4.78, 5) is 25.7. The van der Waals surface area contributed by atoms with E-state index in [0.717, 1.165) is 15.6 Å². The number of benzene rings is 3. The molecule has 2 amide bonds. The molecule has 2 atom stereocenters. The number of halogens is 1. The molecule has 0 heterocycles. The molecule has 0 radical (unpaired) electrons. The number of amides is 2. The van der Waals surface area contributed by atoms with Gasteiger partial charge in [-0.25, -0.2) is 0 Å². The van der Waals surface area contributed by atoms with Gasteiger partial charge in [-0.3, -0.25) is 9.59 Å². The molecule has 3 aromatic carbocycles. The first kappa shape index (κ1) is 19.8. The highest BCUT2D eigenvalue weighted by Crippen LogP contribution is 2.24. The standard InChI is InChI=1S/C23H21BrN2O2/c1-16(19-14-8-9-15-20(19)24)25-23(28)21(17-10-4-2-5-11-17)26-22(27)18-12-6-3-7-13-18/h2-16,21H,1H3,(H,25,28)(H,26,27). The lowest BCUT2D eigenvalue weighted by atomic mass is 10.0. The number of hydrogen-bond donors (Lipinski definition) is 2. The van der Waals surface area contributed by atoms with E-state index >= 15 is 0 Å². The van der Waals surface area contributed by atoms with Gasteiger partial charge in [-0.2, -0.15) is 0 Å². The molecular weight excluding hydrogens is 416 g/mol. The number of hydrogen-bond acceptors (Lipinski definition) is 2. The molecular formula is C23H21BrN2O2. The van der Waals surface area contributed by atoms with Crippen molar-refractivity contribution in [1.29, 1.82) is 0 Å². The molecule has 2 N–H and O–H groups in total. The quantitative estimate of drug-likeness (QED) is 0.582. The lowest BCUT2D eigenvalue weighted by Gasteiger charge is -2.22. The van der Waals surface area contributed by atoms with Crippen molar-refractivity contribution in [3.8, 4) is 0 Å². The average molecular weight is 437 g/mol. The second-order valence-electron chi connectivity index (χ2n) is 6.43. The third-order valence-electron chi connectivity index (χ3n) is 4.44. The van der Waals surface area contributed by atoms with Crippen molar-refractivity contribution in [2.24, 2.45) is 0 Å². The first-order valence-electron chi connectivity index (χ1n) is 9.02. The fourth-order valence-electron chi connectivity index (χ4n) is 2.95. The minimum absolute atomic E-state index is 0.220. The van der Waals surface area contributed by atoms with Crippen LogP contribution in [0.1, 0.15) is 40.5 Å². The lowest BCUT2D eigenvalue weighted by Crippen LogP contribution is -2.41. The van der Waals surface area contributed by atoms with Crippen molar-refractivity contribution in [2.75, 3.05) is 0 Å². The van der Waals surface area contributed by atoms with Crippen LogP contribution in [0, 0.1) is 0 Å². The summed E-state index contributed by atoms with van der Waals surface area (Å²) in [6, 6.07) is 24.8. The Balaban J connectivity index is 1.81. The molecule has 0 aliphatic rings. The van der Waals surface area contributed by atoms with Gasteiger partial charge in [-0.1, -0.05) is 82.7 Å². The Kier molecular flexibility index (Phi) is 6.61. The van der Waals surface area contributed by atoms with Gasteiger partial charge in [0.05, 0.1) is 6.04 Å². The third kappa shape index (κ3) is 4.87. The number of rotatable bonds is 6. The summed E-state index contributed by atoms with van der Waals surface area (Å²) >= 11 is 3.52. The predicted molar refractivity (Wildman–Crippen MR) is 114 cm³/mol. The van der Waals surface area contributed by atoms with E-state index in [0.29, 0.717) is 5.56 Å². The van der Waals surface area contributed by atoms with Crippen LogP contribution in [-0.4, -0.2) is 11.8 Å². The number of carbonyl (C=O) groups is 2. The molecule has 2 unspecified atom stereocenters. The Hall–Kier alpha value is -2.92. The van der Waals surface area contributed by atoms with Gasteiger partial charge in [0, 0.05) is 10.0 Å². The van der Waals surface area contributed by atoms with Crippen molar-refractivity contribution >= 4 is 27.7 Å². The minimum Gasteiger partial charge on any atom is -0.347 e. The first-order chi connectivity index (χ1) is 13.6. The Labute approximate surface area is 173 Å². The molecule has 142 valence electrons. The zero-order chi connectivity index (χ0) is 19.9. The molecule has 0 aliphatic carbocycles. The summed E-state index contributed by atoms with van der Waals surface area (Å²) in [5, 5.41) is 5.87. The summed E-state index contributed by atoms with van der Waals surface area (Å²) in [6.45, 7) is 1.92. The number of carbonyl (C=O) groups excluding carboxylic acids is 2. The van der Waals surface area contributed by atoms with E-state index in [-0.39, 0.29) is 17.9 Å². The van der Waals surface area contributed by atoms with Crippen LogP contribution in [-0.2, 0) is 4.79 Å². The summed E-state index contributed by atoms with van der Waals surface area (Å²) in [5.74, 6) is -0.558. The largest absolute Gasteiger partial charge is 0.347 e. The van der Waals surface area contributed by atoms with E-state index in [4.69, 9.17) is 0 Å². The summed E-state index contributed by atoms with van der Waals surface area (Å²) < 4.78 is 0.924. The molecule has 28 heavy (non-hydrogen) atoms. The van der Waals surface area contributed by atoms with Gasteiger partial charge in [0.25, 0.3) is 5.91 Å². The minimum atomic E-state index is -0.793. The maximum atomic E-state index is 13.1. The van der Waals surface area contributed by atoms with Crippen molar-refractivity contribution in [3.05, 3.63) is 106 Å². The van der Waals surface area contributed by atoms with Gasteiger partial charge >= 0.3 is 0 Å². The van der Waals surface area contributed by atoms with Gasteiger partial charge in [-0.15, -0.1) is 0 Å². The topological polar surface area (TPSA) is 58.2 Å². The van der Waals surface area contributed by atoms with Gasteiger partial charge < -0.3 is 10.6 Å². The average Bonchev–Trinajstić information content (AvgIpc) is 2.73. The van der Waals surface area contributed by atoms with Crippen LogP contribution in [0.3, 0.4) is 0 Å². The highest BCUT2D eigenvalue weighted by atomic mass is 79.9. The van der Waals surface area contributed by atoms with E-state index in [1.54, 1.807) is 24.3 Å². The predicted octanol–water partition coefficient (Wildman–Crippen LogP) is 4.80. The van der Waals surface area contributed by atoms with E-state index < -0.39 is 6.04 Å². The van der Waals surface area contributed by atoms with Crippen molar-refractivity contribution in [2.45, 2.75) is 19.0 Å². The van der Waals surface area contributed by atoms with Crippen LogP contribution in [0.15, 0.2) is 89.4 Å². The SMILES string of the molecule is CC(NC(=O)C(NC(=O)c1ccccc1)c1ccccc1)c1ccccc1Br. The van der Waals surface area contributed by atoms with E-state index in [2.05, 4.69) is 26.6 Å². The Morgan fingerprint density at radius 3 is 2.00 bits per heavy atom. The zero-order valence-corrected chi connectivity index (χ0v) is 17.0. The summed E-state index contributed by atoms with van der Waals surface area (Å²) in [7, 11) is 0. The first-order valence-corrected chi connectivity index (χ1v) is 9.81. The molecule has 0 aliphatic heterocycles. The molecule has 0 saturated heterocycles. The van der Waals surface area contributed by atoms with Crippen LogP contribution in [0.2, 0.25) is 0 Å². The third-order valence-corrected chi connectivity index (χ3v) is 5.16. The molecule has 0 spiro atoms. The summed E-state index contributed by atoms with van der Waals surface area (Å²) in [6.07, 6.45) is 0. The molecule has 4 nitrogen and oxygen atoms in total. The highest BCUT2D eigenvalue weighted by Gasteiger charge is 2.25. The van der Waals surface area contributed by atoms with Gasteiger partial charge in [0.1, 0.15) is 6.04 Å². The Morgan fingerprint density at radius 2 is 1.36 bits per heavy atom. The van der Waals surface area contributed by atoms with Crippen LogP contribution in [0.4, 0.5) is 0 Å². The second kappa shape index (κ2) is 9.33. The lowest BCUT2D eigenvalue weighted by molar-refractivity contribution is -0.123. The normalized spacial score (nSPS) is 12.6. The molecule has 0 fully saturated rings. The maximum absolute atomic E-state index is 13.1. The molecule has 0 aromatic heterocycles. The van der Waals surface area contributed by atoms with Gasteiger partial charge in [-0.05, 0) is 36.2 Å². The molecule has 3 rings (SSSR count). The van der Waals surface area contributed by atoms with Crippen molar-refractivity contribution in [3.63, 3.8) is 0 Å².